The molecule has 0 spiro atoms. The van der Waals surface area contributed by atoms with Gasteiger partial charge in [-0.3, -0.25) is 9.97 Å². The van der Waals surface area contributed by atoms with Gasteiger partial charge in [0.2, 0.25) is 0 Å². The lowest BCUT2D eigenvalue weighted by molar-refractivity contribution is 1.25. The smallest absolute Gasteiger partial charge is 0.131 e. The van der Waals surface area contributed by atoms with Crippen molar-refractivity contribution in [1.82, 2.24) is 28.7 Å². The van der Waals surface area contributed by atoms with Crippen molar-refractivity contribution in [3.63, 3.8) is 0 Å². The molecule has 44 heavy (non-hydrogen) atoms. The zero-order valence-electron chi connectivity index (χ0n) is 23.9. The summed E-state index contributed by atoms with van der Waals surface area (Å²) in [6.45, 7) is 4.14. The number of hydrogen-bond acceptors (Lipinski definition) is 10. The Balaban J connectivity index is 1.04. The third kappa shape index (κ3) is 5.94. The molecule has 6 aromatic heterocycles. The van der Waals surface area contributed by atoms with Gasteiger partial charge in [-0.25, -0.2) is 9.97 Å². The Morgan fingerprint density at radius 2 is 1.25 bits per heavy atom. The van der Waals surface area contributed by atoms with Crippen LogP contribution >= 0.6 is 23.1 Å². The van der Waals surface area contributed by atoms with Crippen LogP contribution in [0.15, 0.2) is 110 Å². The Hall–Kier alpha value is -5.32. The predicted octanol–water partition coefficient (Wildman–Crippen LogP) is 8.95. The van der Waals surface area contributed by atoms with Gasteiger partial charge in [-0.05, 0) is 101 Å². The lowest BCUT2D eigenvalue weighted by Crippen LogP contribution is -1.94. The summed E-state index contributed by atoms with van der Waals surface area (Å²) in [7, 11) is 0. The third-order valence-electron chi connectivity index (χ3n) is 7.10. The Morgan fingerprint density at radius 3 is 2.00 bits per heavy atom. The maximum absolute atomic E-state index is 4.69. The highest BCUT2D eigenvalue weighted by Gasteiger charge is 2.11. The molecule has 8 nitrogen and oxygen atoms in total. The van der Waals surface area contributed by atoms with Gasteiger partial charge in [0.1, 0.15) is 33.0 Å². The number of nitrogens with one attached hydrogen (secondary N) is 2. The molecule has 10 heteroatoms. The Labute approximate surface area is 262 Å². The van der Waals surface area contributed by atoms with E-state index in [0.717, 1.165) is 77.8 Å². The summed E-state index contributed by atoms with van der Waals surface area (Å²) in [5.41, 5.74) is 10.0. The molecule has 7 rings (SSSR count). The summed E-state index contributed by atoms with van der Waals surface area (Å²) in [6, 6.07) is 28.4. The number of aryl methyl sites for hydroxylation is 2. The van der Waals surface area contributed by atoms with Crippen LogP contribution in [-0.2, 0) is 0 Å². The third-order valence-corrected chi connectivity index (χ3v) is 8.51. The zero-order chi connectivity index (χ0) is 29.9. The quantitative estimate of drug-likeness (QED) is 0.176. The number of benzene rings is 1. The van der Waals surface area contributed by atoms with Crippen LogP contribution in [-0.4, -0.2) is 28.7 Å². The van der Waals surface area contributed by atoms with E-state index in [9.17, 15) is 0 Å². The van der Waals surface area contributed by atoms with E-state index in [0.29, 0.717) is 0 Å². The van der Waals surface area contributed by atoms with Crippen molar-refractivity contribution in [3.05, 3.63) is 121 Å². The summed E-state index contributed by atoms with van der Waals surface area (Å²) >= 11 is 2.79. The van der Waals surface area contributed by atoms with Crippen LogP contribution in [0.3, 0.4) is 0 Å². The van der Waals surface area contributed by atoms with E-state index in [2.05, 4.69) is 71.6 Å². The molecule has 214 valence electrons. The maximum Gasteiger partial charge on any atom is 0.131 e. The monoisotopic (exact) mass is 610 g/mol. The molecule has 0 fully saturated rings. The molecular weight excluding hydrogens is 585 g/mol. The van der Waals surface area contributed by atoms with E-state index < -0.39 is 0 Å². The second-order valence-electron chi connectivity index (χ2n) is 10.2. The van der Waals surface area contributed by atoms with Crippen LogP contribution in [0.1, 0.15) is 11.1 Å². The summed E-state index contributed by atoms with van der Waals surface area (Å²) in [4.78, 5) is 18.1. The average Bonchev–Trinajstić information content (AvgIpc) is 3.72. The maximum atomic E-state index is 4.69. The number of aromatic nitrogens is 6. The predicted molar refractivity (Wildman–Crippen MR) is 180 cm³/mol. The van der Waals surface area contributed by atoms with Gasteiger partial charge in [0, 0.05) is 42.5 Å². The van der Waals surface area contributed by atoms with Crippen LogP contribution in [0.2, 0.25) is 0 Å². The number of rotatable bonds is 8. The lowest BCUT2D eigenvalue weighted by Gasteiger charge is -2.10. The van der Waals surface area contributed by atoms with Crippen molar-refractivity contribution >= 4 is 44.7 Å². The first-order valence-corrected chi connectivity index (χ1v) is 15.5. The molecule has 0 aliphatic carbocycles. The van der Waals surface area contributed by atoms with Crippen molar-refractivity contribution in [2.45, 2.75) is 13.8 Å². The minimum absolute atomic E-state index is 0.758. The van der Waals surface area contributed by atoms with Gasteiger partial charge in [0.15, 0.2) is 0 Å². The Kier molecular flexibility index (Phi) is 7.58. The molecular formula is C34H26N8S2. The molecule has 0 bridgehead atoms. The molecule has 7 aromatic rings. The van der Waals surface area contributed by atoms with Crippen LogP contribution in [0.5, 0.6) is 0 Å². The molecule has 6 heterocycles. The van der Waals surface area contributed by atoms with Gasteiger partial charge in [-0.15, -0.1) is 0 Å². The summed E-state index contributed by atoms with van der Waals surface area (Å²) < 4.78 is 9.10. The highest BCUT2D eigenvalue weighted by Crippen LogP contribution is 2.32. The number of nitrogens with zero attached hydrogens (tertiary/aromatic N) is 6. The van der Waals surface area contributed by atoms with E-state index in [1.165, 1.54) is 23.1 Å². The molecule has 1 aromatic carbocycles. The molecule has 0 atom stereocenters. The SMILES string of the molecule is Cc1cc(Nc2cc(-c3ncccc3C)ns2)ncc1-c1ccc(-c2ccnc(Nc3cc(-c4ccccn4)ns3)c2)cc1. The Morgan fingerprint density at radius 1 is 0.523 bits per heavy atom. The lowest BCUT2D eigenvalue weighted by atomic mass is 9.99. The molecule has 0 radical (unpaired) electrons. The van der Waals surface area contributed by atoms with Crippen molar-refractivity contribution in [2.24, 2.45) is 0 Å². The summed E-state index contributed by atoms with van der Waals surface area (Å²) in [5.74, 6) is 1.54. The van der Waals surface area contributed by atoms with E-state index in [1.807, 2.05) is 73.9 Å². The van der Waals surface area contributed by atoms with Gasteiger partial charge in [0.05, 0.1) is 11.4 Å². The summed E-state index contributed by atoms with van der Waals surface area (Å²) in [5, 5.41) is 8.60. The van der Waals surface area contributed by atoms with Crippen LogP contribution in [0.25, 0.3) is 45.0 Å². The van der Waals surface area contributed by atoms with E-state index in [-0.39, 0.29) is 0 Å². The fraction of sp³-hybridized carbons (Fsp3) is 0.0588. The number of hydrogen-bond donors (Lipinski definition) is 2. The van der Waals surface area contributed by atoms with Crippen molar-refractivity contribution in [2.75, 3.05) is 10.6 Å². The highest BCUT2D eigenvalue weighted by atomic mass is 32.1. The van der Waals surface area contributed by atoms with Gasteiger partial charge in [0.25, 0.3) is 0 Å². The second kappa shape index (κ2) is 12.1. The van der Waals surface area contributed by atoms with Gasteiger partial charge in [-0.2, -0.15) is 8.75 Å². The zero-order valence-corrected chi connectivity index (χ0v) is 25.5. The van der Waals surface area contributed by atoms with Crippen LogP contribution < -0.4 is 10.6 Å². The number of anilines is 4. The molecule has 0 aliphatic rings. The first-order valence-electron chi connectivity index (χ1n) is 13.9. The highest BCUT2D eigenvalue weighted by molar-refractivity contribution is 7.10. The molecule has 0 aliphatic heterocycles. The minimum atomic E-state index is 0.758. The fourth-order valence-corrected chi connectivity index (χ4v) is 6.18. The van der Waals surface area contributed by atoms with Gasteiger partial charge < -0.3 is 10.6 Å². The molecule has 2 N–H and O–H groups in total. The fourth-order valence-electron chi connectivity index (χ4n) is 4.87. The molecule has 0 saturated carbocycles. The molecule has 0 amide bonds. The normalized spacial score (nSPS) is 11.0. The second-order valence-corrected chi connectivity index (χ2v) is 11.8. The Bertz CT molecular complexity index is 2050. The van der Waals surface area contributed by atoms with Crippen LogP contribution in [0.4, 0.5) is 21.6 Å². The van der Waals surface area contributed by atoms with E-state index in [4.69, 9.17) is 4.98 Å². The van der Waals surface area contributed by atoms with Crippen molar-refractivity contribution < 1.29 is 0 Å². The molecule has 0 unspecified atom stereocenters. The van der Waals surface area contributed by atoms with Gasteiger partial charge in [-0.1, -0.05) is 36.4 Å². The minimum Gasteiger partial charge on any atom is -0.331 e. The van der Waals surface area contributed by atoms with Crippen molar-refractivity contribution in [3.8, 4) is 45.0 Å². The van der Waals surface area contributed by atoms with Crippen molar-refractivity contribution in [1.29, 1.82) is 0 Å². The largest absolute Gasteiger partial charge is 0.331 e. The first kappa shape index (κ1) is 27.5. The standard InChI is InChI=1S/C34H26N8S2/c1-21-6-5-14-37-34(21)29-19-33(44-42-29)39-30-16-22(2)26(20-38-30)24-10-8-23(9-11-24)25-12-15-36-31(17-25)40-32-18-28(41-43-32)27-7-3-4-13-35-27/h3-20H,1-2H3,(H,36,40)(H,38,39). The molecule has 0 saturated heterocycles. The average molecular weight is 611 g/mol. The number of pyridine rings is 4. The van der Waals surface area contributed by atoms with Crippen LogP contribution in [0, 0.1) is 13.8 Å². The van der Waals surface area contributed by atoms with E-state index in [1.54, 1.807) is 12.4 Å². The van der Waals surface area contributed by atoms with Gasteiger partial charge >= 0.3 is 0 Å². The summed E-state index contributed by atoms with van der Waals surface area (Å²) in [6.07, 6.45) is 7.29. The first-order chi connectivity index (χ1) is 21.6. The van der Waals surface area contributed by atoms with E-state index >= 15 is 0 Å². The topological polar surface area (TPSA) is 101 Å².